The van der Waals surface area contributed by atoms with Crippen LogP contribution in [-0.2, 0) is 15.9 Å². The van der Waals surface area contributed by atoms with E-state index in [2.05, 4.69) is 0 Å². The summed E-state index contributed by atoms with van der Waals surface area (Å²) in [6.07, 6.45) is -0.575. The minimum Gasteiger partial charge on any atom is -0.465 e. The fourth-order valence-electron chi connectivity index (χ4n) is 3.56. The topological polar surface area (TPSA) is 59.0 Å². The van der Waals surface area contributed by atoms with Gasteiger partial charge in [-0.1, -0.05) is 17.7 Å². The summed E-state index contributed by atoms with van der Waals surface area (Å²) in [5, 5.41) is 10.3. The van der Waals surface area contributed by atoms with Crippen molar-refractivity contribution in [2.75, 3.05) is 19.8 Å². The first kappa shape index (κ1) is 16.8. The molecule has 1 aromatic heterocycles. The lowest BCUT2D eigenvalue weighted by atomic mass is 9.88. The van der Waals surface area contributed by atoms with Crippen LogP contribution in [0, 0.1) is 6.92 Å². The SMILES string of the molecule is Cc1sc(C2OCCO2)cc1C1c2cc(Cl)ccc2CCN1C(=O)O. The van der Waals surface area contributed by atoms with Crippen LogP contribution in [0.1, 0.15) is 38.8 Å². The maximum absolute atomic E-state index is 11.9. The van der Waals surface area contributed by atoms with E-state index in [9.17, 15) is 9.90 Å². The quantitative estimate of drug-likeness (QED) is 0.841. The Hall–Kier alpha value is -1.60. The summed E-state index contributed by atoms with van der Waals surface area (Å²) in [5.41, 5.74) is 3.08. The van der Waals surface area contributed by atoms with Crippen molar-refractivity contribution in [2.24, 2.45) is 0 Å². The lowest BCUT2D eigenvalue weighted by Crippen LogP contribution is -2.39. The standard InChI is InChI=1S/C18H18ClNO4S/c1-10-13(9-15(25-10)17-23-6-7-24-17)16-14-8-12(19)3-2-11(14)4-5-20(16)18(21)22/h2-3,8-9,16-17H,4-7H2,1H3,(H,21,22). The normalized spacial score (nSPS) is 20.7. The first-order valence-electron chi connectivity index (χ1n) is 8.16. The Bertz CT molecular complexity index is 815. The molecular formula is C18H18ClNO4S. The van der Waals surface area contributed by atoms with E-state index in [1.807, 2.05) is 31.2 Å². The number of halogens is 1. The summed E-state index contributed by atoms with van der Waals surface area (Å²) in [7, 11) is 0. The summed E-state index contributed by atoms with van der Waals surface area (Å²) in [6, 6.07) is 7.41. The number of thiophene rings is 1. The van der Waals surface area contributed by atoms with Crippen LogP contribution in [0.25, 0.3) is 0 Å². The van der Waals surface area contributed by atoms with Gasteiger partial charge in [-0.3, -0.25) is 4.90 Å². The minimum absolute atomic E-state index is 0.349. The number of nitrogens with zero attached hydrogens (tertiary/aromatic N) is 1. The molecule has 0 radical (unpaired) electrons. The van der Waals surface area contributed by atoms with Gasteiger partial charge in [0, 0.05) is 16.4 Å². The van der Waals surface area contributed by atoms with E-state index >= 15 is 0 Å². The maximum Gasteiger partial charge on any atom is 0.408 e. The van der Waals surface area contributed by atoms with Crippen LogP contribution in [0.2, 0.25) is 5.02 Å². The smallest absolute Gasteiger partial charge is 0.408 e. The average Bonchev–Trinajstić information content (AvgIpc) is 3.23. The van der Waals surface area contributed by atoms with Crippen LogP contribution in [0.5, 0.6) is 0 Å². The van der Waals surface area contributed by atoms with Gasteiger partial charge in [-0.05, 0) is 48.2 Å². The third-order valence-electron chi connectivity index (χ3n) is 4.71. The Balaban J connectivity index is 1.81. The van der Waals surface area contributed by atoms with Crippen molar-refractivity contribution in [3.63, 3.8) is 0 Å². The molecule has 0 spiro atoms. The Morgan fingerprint density at radius 1 is 1.28 bits per heavy atom. The molecule has 2 aromatic rings. The van der Waals surface area contributed by atoms with Gasteiger partial charge in [0.2, 0.25) is 0 Å². The van der Waals surface area contributed by atoms with Gasteiger partial charge in [0.15, 0.2) is 6.29 Å². The second-order valence-electron chi connectivity index (χ2n) is 6.21. The molecule has 0 saturated carbocycles. The van der Waals surface area contributed by atoms with E-state index in [0.29, 0.717) is 31.2 Å². The Kier molecular flexibility index (Phi) is 4.45. The molecule has 1 aromatic carbocycles. The number of benzene rings is 1. The summed E-state index contributed by atoms with van der Waals surface area (Å²) in [4.78, 5) is 15.4. The highest BCUT2D eigenvalue weighted by Gasteiger charge is 2.35. The zero-order chi connectivity index (χ0) is 17.6. The van der Waals surface area contributed by atoms with E-state index in [1.54, 1.807) is 11.3 Å². The molecule has 0 aliphatic carbocycles. The average molecular weight is 380 g/mol. The van der Waals surface area contributed by atoms with E-state index < -0.39 is 6.09 Å². The van der Waals surface area contributed by atoms with Crippen LogP contribution < -0.4 is 0 Å². The van der Waals surface area contributed by atoms with E-state index in [4.69, 9.17) is 21.1 Å². The zero-order valence-electron chi connectivity index (χ0n) is 13.7. The summed E-state index contributed by atoms with van der Waals surface area (Å²) in [6.45, 7) is 3.65. The van der Waals surface area contributed by atoms with Crippen molar-refractivity contribution in [2.45, 2.75) is 25.7 Å². The molecule has 1 saturated heterocycles. The van der Waals surface area contributed by atoms with Crippen molar-refractivity contribution in [3.05, 3.63) is 55.7 Å². The molecule has 1 N–H and O–H groups in total. The maximum atomic E-state index is 11.9. The van der Waals surface area contributed by atoms with E-state index in [0.717, 1.165) is 26.4 Å². The zero-order valence-corrected chi connectivity index (χ0v) is 15.3. The second-order valence-corrected chi connectivity index (χ2v) is 7.93. The predicted octanol–water partition coefficient (Wildman–Crippen LogP) is 4.38. The molecule has 7 heteroatoms. The highest BCUT2D eigenvalue weighted by molar-refractivity contribution is 7.12. The van der Waals surface area contributed by atoms with Gasteiger partial charge in [-0.15, -0.1) is 11.3 Å². The van der Waals surface area contributed by atoms with Crippen LogP contribution in [0.15, 0.2) is 24.3 Å². The highest BCUT2D eigenvalue weighted by atomic mass is 35.5. The Morgan fingerprint density at radius 3 is 2.76 bits per heavy atom. The van der Waals surface area contributed by atoms with Gasteiger partial charge in [0.1, 0.15) is 0 Å². The number of aryl methyl sites for hydroxylation is 1. The van der Waals surface area contributed by atoms with Gasteiger partial charge in [-0.2, -0.15) is 0 Å². The number of hydrogen-bond donors (Lipinski definition) is 1. The van der Waals surface area contributed by atoms with Crippen molar-refractivity contribution in [3.8, 4) is 0 Å². The number of amides is 1. The van der Waals surface area contributed by atoms with E-state index in [1.165, 1.54) is 4.90 Å². The third kappa shape index (κ3) is 3.04. The van der Waals surface area contributed by atoms with Gasteiger partial charge < -0.3 is 14.6 Å². The van der Waals surface area contributed by atoms with Crippen LogP contribution in [-0.4, -0.2) is 35.9 Å². The first-order valence-corrected chi connectivity index (χ1v) is 9.35. The number of hydrogen-bond acceptors (Lipinski definition) is 4. The molecule has 4 rings (SSSR count). The second kappa shape index (κ2) is 6.61. The van der Waals surface area contributed by atoms with Gasteiger partial charge in [0.05, 0.1) is 24.1 Å². The number of ether oxygens (including phenoxy) is 2. The predicted molar refractivity (Wildman–Crippen MR) is 95.4 cm³/mol. The fourth-order valence-corrected chi connectivity index (χ4v) is 4.80. The minimum atomic E-state index is -0.920. The number of rotatable bonds is 2. The molecular weight excluding hydrogens is 362 g/mol. The van der Waals surface area contributed by atoms with Crippen LogP contribution >= 0.6 is 22.9 Å². The molecule has 1 amide bonds. The first-order chi connectivity index (χ1) is 12.0. The molecule has 3 heterocycles. The van der Waals surface area contributed by atoms with Crippen molar-refractivity contribution >= 4 is 29.0 Å². The largest absolute Gasteiger partial charge is 0.465 e. The van der Waals surface area contributed by atoms with Gasteiger partial charge in [0.25, 0.3) is 0 Å². The number of carboxylic acid groups (broad SMARTS) is 1. The van der Waals surface area contributed by atoms with Crippen LogP contribution in [0.4, 0.5) is 4.79 Å². The monoisotopic (exact) mass is 379 g/mol. The molecule has 2 aliphatic rings. The van der Waals surface area contributed by atoms with Crippen LogP contribution in [0.3, 0.4) is 0 Å². The molecule has 5 nitrogen and oxygen atoms in total. The summed E-state index contributed by atoms with van der Waals surface area (Å²) >= 11 is 7.80. The molecule has 1 atom stereocenters. The molecule has 0 bridgehead atoms. The lowest BCUT2D eigenvalue weighted by molar-refractivity contribution is -0.0413. The molecule has 2 aliphatic heterocycles. The van der Waals surface area contributed by atoms with Gasteiger partial charge in [-0.25, -0.2) is 4.79 Å². The summed E-state index contributed by atoms with van der Waals surface area (Å²) in [5.74, 6) is 0. The number of fused-ring (bicyclic) bond motifs is 1. The molecule has 1 unspecified atom stereocenters. The third-order valence-corrected chi connectivity index (χ3v) is 6.03. The summed E-state index contributed by atoms with van der Waals surface area (Å²) < 4.78 is 11.2. The lowest BCUT2D eigenvalue weighted by Gasteiger charge is -2.35. The number of carbonyl (C=O) groups is 1. The van der Waals surface area contributed by atoms with Crippen molar-refractivity contribution in [1.82, 2.24) is 4.90 Å². The molecule has 1 fully saturated rings. The Labute approximate surface area is 154 Å². The van der Waals surface area contributed by atoms with Crippen molar-refractivity contribution in [1.29, 1.82) is 0 Å². The fraction of sp³-hybridized carbons (Fsp3) is 0.389. The molecule has 25 heavy (non-hydrogen) atoms. The van der Waals surface area contributed by atoms with E-state index in [-0.39, 0.29) is 12.3 Å². The van der Waals surface area contributed by atoms with Crippen molar-refractivity contribution < 1.29 is 19.4 Å². The van der Waals surface area contributed by atoms with Gasteiger partial charge >= 0.3 is 6.09 Å². The molecule has 132 valence electrons. The highest BCUT2D eigenvalue weighted by Crippen LogP contribution is 2.42. The Morgan fingerprint density at radius 2 is 2.04 bits per heavy atom.